The van der Waals surface area contributed by atoms with E-state index in [1.807, 2.05) is 22.7 Å². The van der Waals surface area contributed by atoms with Crippen LogP contribution in [0.3, 0.4) is 0 Å². The van der Waals surface area contributed by atoms with Crippen LogP contribution >= 0.6 is 22.7 Å². The molecule has 4 aromatic rings. The smallest absolute Gasteiger partial charge is 0.262 e. The summed E-state index contributed by atoms with van der Waals surface area (Å²) in [5.74, 6) is 0. The predicted molar refractivity (Wildman–Crippen MR) is 120 cm³/mol. The van der Waals surface area contributed by atoms with Gasteiger partial charge in [-0.3, -0.25) is 0 Å². The van der Waals surface area contributed by atoms with E-state index in [9.17, 15) is 0 Å². The normalized spacial score (nSPS) is 10.7. The number of nitrogens with zero attached hydrogens (tertiary/aromatic N) is 2. The quantitative estimate of drug-likeness (QED) is 0.298. The van der Waals surface area contributed by atoms with Crippen LogP contribution < -0.4 is 43.1 Å². The number of hydrogen-bond acceptors (Lipinski definition) is 2. The van der Waals surface area contributed by atoms with Crippen molar-refractivity contribution >= 4 is 34.8 Å². The molecule has 0 aliphatic rings. The molecule has 2 aromatic carbocycles. The Balaban J connectivity index is 0.00000160. The van der Waals surface area contributed by atoms with Crippen LogP contribution in [-0.2, 0) is 14.1 Å². The molecule has 2 heterocycles. The van der Waals surface area contributed by atoms with Crippen molar-refractivity contribution in [1.82, 2.24) is 0 Å². The van der Waals surface area contributed by atoms with Gasteiger partial charge in [0.1, 0.15) is 23.8 Å². The fourth-order valence-electron chi connectivity index (χ4n) is 3.28. The second-order valence-corrected chi connectivity index (χ2v) is 8.95. The Morgan fingerprint density at radius 2 is 0.933 bits per heavy atom. The molecule has 0 aliphatic heterocycles. The lowest BCUT2D eigenvalue weighted by Gasteiger charge is -1.94. The third-order valence-corrected chi connectivity index (χ3v) is 7.89. The third kappa shape index (κ3) is 4.83. The van der Waals surface area contributed by atoms with Gasteiger partial charge in [0, 0.05) is 26.0 Å². The minimum Gasteiger partial charge on any atom is -1.00 e. The molecule has 0 atom stereocenters. The summed E-state index contributed by atoms with van der Waals surface area (Å²) in [6, 6.07) is 21.3. The van der Waals surface area contributed by atoms with Gasteiger partial charge in [0.25, 0.3) is 10.0 Å². The Morgan fingerprint density at radius 1 is 0.600 bits per heavy atom. The number of thiazole rings is 2. The van der Waals surface area contributed by atoms with Gasteiger partial charge in [-0.15, -0.1) is 0 Å². The number of halogens is 2. The second kappa shape index (κ2) is 10.6. The number of hydrogen-bond donors (Lipinski definition) is 0. The zero-order valence-corrected chi connectivity index (χ0v) is 22.2. The van der Waals surface area contributed by atoms with Gasteiger partial charge in [-0.2, -0.15) is 9.13 Å². The van der Waals surface area contributed by atoms with Crippen molar-refractivity contribution in [3.05, 3.63) is 82.1 Å². The Labute approximate surface area is 207 Å². The first-order valence-corrected chi connectivity index (χ1v) is 11.0. The van der Waals surface area contributed by atoms with Gasteiger partial charge in [-0.05, 0) is 11.1 Å². The first kappa shape index (κ1) is 24.7. The van der Waals surface area contributed by atoms with Crippen LogP contribution in [0.5, 0.6) is 0 Å². The summed E-state index contributed by atoms with van der Waals surface area (Å²) >= 11 is 3.69. The summed E-state index contributed by atoms with van der Waals surface area (Å²) in [5, 5.41) is 2.51. The molecular weight excluding hydrogens is 540 g/mol. The van der Waals surface area contributed by atoms with Gasteiger partial charge in [-0.1, -0.05) is 83.3 Å². The van der Waals surface area contributed by atoms with Crippen molar-refractivity contribution in [2.45, 2.75) is 13.8 Å². The van der Waals surface area contributed by atoms with E-state index in [1.54, 1.807) is 0 Å². The Bertz CT molecular complexity index is 1060. The minimum atomic E-state index is 0. The summed E-state index contributed by atoms with van der Waals surface area (Å²) in [7, 11) is 4.29. The molecule has 0 radical (unpaired) electrons. The number of rotatable bonds is 4. The van der Waals surface area contributed by atoms with Crippen LogP contribution in [0, 0.1) is 13.8 Å². The highest BCUT2D eigenvalue weighted by molar-refractivity contribution is 7.16. The van der Waals surface area contributed by atoms with Crippen LogP contribution in [0.1, 0.15) is 21.4 Å². The molecule has 2 aromatic heterocycles. The van der Waals surface area contributed by atoms with E-state index in [2.05, 4.69) is 110 Å². The Morgan fingerprint density at radius 3 is 1.27 bits per heavy atom. The highest BCUT2D eigenvalue weighted by Gasteiger charge is 2.22. The van der Waals surface area contributed by atoms with Crippen molar-refractivity contribution in [3.63, 3.8) is 0 Å². The predicted octanol–water partition coefficient (Wildman–Crippen LogP) is -0.412. The molecule has 2 nitrogen and oxygen atoms in total. The van der Waals surface area contributed by atoms with E-state index in [0.29, 0.717) is 0 Å². The van der Waals surface area contributed by atoms with Crippen molar-refractivity contribution in [1.29, 1.82) is 0 Å². The lowest BCUT2D eigenvalue weighted by Crippen LogP contribution is -3.00. The molecule has 156 valence electrons. The minimum absolute atomic E-state index is 0. The van der Waals surface area contributed by atoms with Gasteiger partial charge < -0.3 is 34.0 Å². The topological polar surface area (TPSA) is 7.76 Å². The highest BCUT2D eigenvalue weighted by Crippen LogP contribution is 2.31. The van der Waals surface area contributed by atoms with E-state index in [4.69, 9.17) is 0 Å². The summed E-state index contributed by atoms with van der Waals surface area (Å²) in [4.78, 5) is 2.67. The van der Waals surface area contributed by atoms with Gasteiger partial charge in [0.05, 0.1) is 0 Å². The van der Waals surface area contributed by atoms with Crippen LogP contribution in [-0.4, -0.2) is 0 Å². The highest BCUT2D eigenvalue weighted by atomic mass is 79.9. The maximum atomic E-state index is 2.28. The maximum absolute atomic E-state index is 2.28. The fourth-order valence-corrected chi connectivity index (χ4v) is 5.59. The summed E-state index contributed by atoms with van der Waals surface area (Å²) in [6.07, 6.45) is 4.48. The molecular formula is C24H24Br2N2S2. The first-order chi connectivity index (χ1) is 13.6. The van der Waals surface area contributed by atoms with E-state index in [-0.39, 0.29) is 34.0 Å². The lowest BCUT2D eigenvalue weighted by molar-refractivity contribution is -0.675. The summed E-state index contributed by atoms with van der Waals surface area (Å²) in [5.41, 5.74) is 5.16. The first-order valence-electron chi connectivity index (χ1n) is 9.34. The molecule has 0 fully saturated rings. The average molecular weight is 564 g/mol. The van der Waals surface area contributed by atoms with E-state index >= 15 is 0 Å². The van der Waals surface area contributed by atoms with Gasteiger partial charge in [-0.25, -0.2) is 0 Å². The molecule has 0 amide bonds. The Hall–Kier alpha value is -1.60. The monoisotopic (exact) mass is 562 g/mol. The van der Waals surface area contributed by atoms with E-state index in [1.165, 1.54) is 42.3 Å². The van der Waals surface area contributed by atoms with Crippen molar-refractivity contribution in [2.75, 3.05) is 0 Å². The molecule has 0 spiro atoms. The SMILES string of the molecule is Cc1c(-c2ccccc2)sc(/C=C/c2sc(-c3ccccc3)c(C)[n+]2C)[n+]1C.[Br-].[Br-]. The molecule has 30 heavy (non-hydrogen) atoms. The van der Waals surface area contributed by atoms with E-state index < -0.39 is 0 Å². The van der Waals surface area contributed by atoms with Crippen LogP contribution in [0.4, 0.5) is 0 Å². The molecule has 0 saturated carbocycles. The molecule has 4 rings (SSSR count). The van der Waals surface area contributed by atoms with Crippen LogP contribution in [0.25, 0.3) is 33.0 Å². The third-order valence-electron chi connectivity index (χ3n) is 5.18. The standard InChI is InChI=1S/C24H24N2S2.2BrH/c1-17-23(19-11-7-5-8-12-19)27-21(25(17)3)15-16-22-26(4)18(2)24(28-22)20-13-9-6-10-14-20;;/h5-16H,1-4H3;2*1H/q+2;;/p-2/b16-15+;;. The fraction of sp³-hybridized carbons (Fsp3) is 0.167. The Kier molecular flexibility index (Phi) is 8.73. The van der Waals surface area contributed by atoms with Crippen LogP contribution in [0.2, 0.25) is 0 Å². The van der Waals surface area contributed by atoms with E-state index in [0.717, 1.165) is 0 Å². The lowest BCUT2D eigenvalue weighted by atomic mass is 10.2. The molecule has 0 N–H and O–H groups in total. The van der Waals surface area contributed by atoms with Crippen LogP contribution in [0.15, 0.2) is 60.7 Å². The summed E-state index contributed by atoms with van der Waals surface area (Å²) in [6.45, 7) is 4.39. The summed E-state index contributed by atoms with van der Waals surface area (Å²) < 4.78 is 4.56. The van der Waals surface area contributed by atoms with Crippen molar-refractivity contribution in [2.24, 2.45) is 14.1 Å². The van der Waals surface area contributed by atoms with Crippen molar-refractivity contribution < 1.29 is 43.1 Å². The maximum Gasteiger partial charge on any atom is 0.262 e. The molecule has 0 bridgehead atoms. The van der Waals surface area contributed by atoms with Gasteiger partial charge in [0.15, 0.2) is 11.4 Å². The largest absolute Gasteiger partial charge is 1.00 e. The molecule has 0 unspecified atom stereocenters. The average Bonchev–Trinajstić information content (AvgIpc) is 3.18. The second-order valence-electron chi connectivity index (χ2n) is 6.89. The molecule has 6 heteroatoms. The zero-order chi connectivity index (χ0) is 19.7. The van der Waals surface area contributed by atoms with Gasteiger partial charge in [0.2, 0.25) is 0 Å². The van der Waals surface area contributed by atoms with Crippen molar-refractivity contribution in [3.8, 4) is 20.9 Å². The zero-order valence-electron chi connectivity index (χ0n) is 17.4. The molecule has 0 saturated heterocycles. The molecule has 0 aliphatic carbocycles. The number of benzene rings is 2. The number of aromatic nitrogens is 2. The van der Waals surface area contributed by atoms with Gasteiger partial charge >= 0.3 is 0 Å².